The number of H-pyrrole nitrogens is 1. The van der Waals surface area contributed by atoms with Crippen LogP contribution in [-0.2, 0) is 10.0 Å². The van der Waals surface area contributed by atoms with E-state index in [4.69, 9.17) is 16.3 Å². The number of rotatable bonds is 6. The smallest absolute Gasteiger partial charge is 0.240 e. The number of aromatic nitrogens is 2. The maximum atomic E-state index is 12.2. The predicted molar refractivity (Wildman–Crippen MR) is 80.2 cm³/mol. The summed E-state index contributed by atoms with van der Waals surface area (Å²) in [5.41, 5.74) is 0. The Morgan fingerprint density at radius 1 is 1.48 bits per heavy atom. The molecule has 0 aliphatic heterocycles. The van der Waals surface area contributed by atoms with Crippen molar-refractivity contribution in [1.82, 2.24) is 14.7 Å². The van der Waals surface area contributed by atoms with Crippen molar-refractivity contribution in [2.45, 2.75) is 17.7 Å². The van der Waals surface area contributed by atoms with Gasteiger partial charge in [0.05, 0.1) is 17.0 Å². The molecule has 2 N–H and O–H groups in total. The molecule has 1 aromatic heterocycles. The molecule has 0 radical (unpaired) electrons. The van der Waals surface area contributed by atoms with Gasteiger partial charge in [-0.15, -0.1) is 0 Å². The van der Waals surface area contributed by atoms with Crippen LogP contribution in [0.25, 0.3) is 0 Å². The summed E-state index contributed by atoms with van der Waals surface area (Å²) in [6.45, 7) is 2.11. The normalized spacial score (nSPS) is 13.1. The van der Waals surface area contributed by atoms with Crippen LogP contribution in [0.1, 0.15) is 18.7 Å². The minimum atomic E-state index is -3.63. The number of ether oxygens (including phenoxy) is 1. The van der Waals surface area contributed by atoms with Crippen molar-refractivity contribution in [1.29, 1.82) is 0 Å². The van der Waals surface area contributed by atoms with E-state index in [2.05, 4.69) is 14.7 Å². The summed E-state index contributed by atoms with van der Waals surface area (Å²) >= 11 is 5.95. The Morgan fingerprint density at radius 2 is 2.24 bits per heavy atom. The maximum Gasteiger partial charge on any atom is 0.240 e. The van der Waals surface area contributed by atoms with Gasteiger partial charge in [0.15, 0.2) is 0 Å². The number of nitrogens with one attached hydrogen (secondary N) is 2. The zero-order chi connectivity index (χ0) is 15.5. The lowest BCUT2D eigenvalue weighted by molar-refractivity contribution is 0.414. The van der Waals surface area contributed by atoms with Crippen molar-refractivity contribution in [3.63, 3.8) is 0 Å². The van der Waals surface area contributed by atoms with E-state index in [-0.39, 0.29) is 22.4 Å². The van der Waals surface area contributed by atoms with Crippen molar-refractivity contribution in [2.75, 3.05) is 13.7 Å². The molecule has 0 saturated carbocycles. The van der Waals surface area contributed by atoms with E-state index in [0.717, 1.165) is 5.82 Å². The summed E-state index contributed by atoms with van der Waals surface area (Å²) in [4.78, 5) is 7.15. The quantitative estimate of drug-likeness (QED) is 0.850. The van der Waals surface area contributed by atoms with Crippen LogP contribution in [0.2, 0.25) is 5.02 Å². The number of sulfonamides is 1. The number of nitrogens with zero attached hydrogens (tertiary/aromatic N) is 1. The van der Waals surface area contributed by atoms with Crippen LogP contribution < -0.4 is 9.46 Å². The molecule has 0 aliphatic rings. The van der Waals surface area contributed by atoms with Gasteiger partial charge in [-0.1, -0.05) is 18.5 Å². The largest absolute Gasteiger partial charge is 0.495 e. The van der Waals surface area contributed by atoms with E-state index >= 15 is 0 Å². The molecule has 1 atom stereocenters. The Balaban J connectivity index is 2.10. The van der Waals surface area contributed by atoms with Gasteiger partial charge < -0.3 is 9.72 Å². The molecule has 0 bridgehead atoms. The number of methoxy groups -OCH3 is 1. The highest BCUT2D eigenvalue weighted by molar-refractivity contribution is 7.89. The van der Waals surface area contributed by atoms with E-state index in [1.165, 1.54) is 25.3 Å². The third-order valence-corrected chi connectivity index (χ3v) is 4.72. The van der Waals surface area contributed by atoms with Crippen LogP contribution in [0.5, 0.6) is 5.75 Å². The molecule has 0 aliphatic carbocycles. The molecular weight excluding hydrogens is 314 g/mol. The van der Waals surface area contributed by atoms with Crippen molar-refractivity contribution in [2.24, 2.45) is 0 Å². The molecule has 1 heterocycles. The molecule has 21 heavy (non-hydrogen) atoms. The number of imidazole rings is 1. The molecule has 0 fully saturated rings. The fourth-order valence-electron chi connectivity index (χ4n) is 1.78. The lowest BCUT2D eigenvalue weighted by atomic mass is 10.2. The van der Waals surface area contributed by atoms with Gasteiger partial charge in [0.2, 0.25) is 10.0 Å². The van der Waals surface area contributed by atoms with Crippen LogP contribution in [-0.4, -0.2) is 32.0 Å². The van der Waals surface area contributed by atoms with Gasteiger partial charge in [-0.05, 0) is 18.2 Å². The average molecular weight is 330 g/mol. The second-order valence-corrected chi connectivity index (χ2v) is 6.70. The average Bonchev–Trinajstić information content (AvgIpc) is 2.99. The Labute approximate surface area is 128 Å². The fourth-order valence-corrected chi connectivity index (χ4v) is 3.25. The molecule has 0 saturated heterocycles. The molecule has 6 nitrogen and oxygen atoms in total. The molecule has 0 amide bonds. The number of halogens is 1. The molecule has 1 unspecified atom stereocenters. The minimum Gasteiger partial charge on any atom is -0.495 e. The van der Waals surface area contributed by atoms with Gasteiger partial charge in [0, 0.05) is 24.9 Å². The third-order valence-electron chi connectivity index (χ3n) is 3.00. The monoisotopic (exact) mass is 329 g/mol. The minimum absolute atomic E-state index is 0.0662. The summed E-state index contributed by atoms with van der Waals surface area (Å²) in [6.07, 6.45) is 3.33. The van der Waals surface area contributed by atoms with E-state index in [1.54, 1.807) is 12.4 Å². The van der Waals surface area contributed by atoms with Crippen LogP contribution in [0.4, 0.5) is 0 Å². The SMILES string of the molecule is COc1ccc(S(=O)(=O)NCC(C)c2ncc[nH]2)cc1Cl. The first kappa shape index (κ1) is 15.8. The third kappa shape index (κ3) is 3.75. The topological polar surface area (TPSA) is 84.1 Å². The van der Waals surface area contributed by atoms with E-state index in [1.807, 2.05) is 6.92 Å². The van der Waals surface area contributed by atoms with Crippen molar-refractivity contribution in [3.05, 3.63) is 41.4 Å². The number of aromatic amines is 1. The summed E-state index contributed by atoms with van der Waals surface area (Å²) in [7, 11) is -2.15. The summed E-state index contributed by atoms with van der Waals surface area (Å²) in [5.74, 6) is 1.09. The summed E-state index contributed by atoms with van der Waals surface area (Å²) in [6, 6.07) is 4.33. The lowest BCUT2D eigenvalue weighted by Crippen LogP contribution is -2.28. The second-order valence-electron chi connectivity index (χ2n) is 4.52. The van der Waals surface area contributed by atoms with Gasteiger partial charge in [0.25, 0.3) is 0 Å². The highest BCUT2D eigenvalue weighted by Crippen LogP contribution is 2.26. The van der Waals surface area contributed by atoms with Gasteiger partial charge in [-0.3, -0.25) is 0 Å². The van der Waals surface area contributed by atoms with Crippen molar-refractivity contribution >= 4 is 21.6 Å². The Hall–Kier alpha value is -1.57. The summed E-state index contributed by atoms with van der Waals surface area (Å²) < 4.78 is 32.0. The number of hydrogen-bond acceptors (Lipinski definition) is 4. The van der Waals surface area contributed by atoms with Gasteiger partial charge >= 0.3 is 0 Å². The maximum absolute atomic E-state index is 12.2. The Morgan fingerprint density at radius 3 is 2.81 bits per heavy atom. The first-order valence-electron chi connectivity index (χ1n) is 6.26. The van der Waals surface area contributed by atoms with Crippen LogP contribution in [0.3, 0.4) is 0 Å². The summed E-state index contributed by atoms with van der Waals surface area (Å²) in [5, 5.41) is 0.249. The highest BCUT2D eigenvalue weighted by Gasteiger charge is 2.18. The van der Waals surface area contributed by atoms with Gasteiger partial charge in [0.1, 0.15) is 11.6 Å². The first-order chi connectivity index (χ1) is 9.94. The number of hydrogen-bond donors (Lipinski definition) is 2. The zero-order valence-corrected chi connectivity index (χ0v) is 13.2. The van der Waals surface area contributed by atoms with E-state index in [9.17, 15) is 8.42 Å². The predicted octanol–water partition coefficient (Wildman–Crippen LogP) is 2.15. The van der Waals surface area contributed by atoms with Crippen molar-refractivity contribution in [3.8, 4) is 5.75 Å². The van der Waals surface area contributed by atoms with Crippen LogP contribution in [0, 0.1) is 0 Å². The zero-order valence-electron chi connectivity index (χ0n) is 11.6. The first-order valence-corrected chi connectivity index (χ1v) is 8.12. The van der Waals surface area contributed by atoms with Crippen LogP contribution in [0.15, 0.2) is 35.5 Å². The molecule has 2 rings (SSSR count). The van der Waals surface area contributed by atoms with Crippen molar-refractivity contribution < 1.29 is 13.2 Å². The standard InChI is InChI=1S/C13H16ClN3O3S/c1-9(13-15-5-6-16-13)8-17-21(18,19)10-3-4-12(20-2)11(14)7-10/h3-7,9,17H,8H2,1-2H3,(H,15,16). The number of benzene rings is 1. The van der Waals surface area contributed by atoms with E-state index < -0.39 is 10.0 Å². The van der Waals surface area contributed by atoms with Gasteiger partial charge in [-0.25, -0.2) is 18.1 Å². The van der Waals surface area contributed by atoms with E-state index in [0.29, 0.717) is 5.75 Å². The molecule has 2 aromatic rings. The van der Waals surface area contributed by atoms with Crippen LogP contribution >= 0.6 is 11.6 Å². The molecule has 0 spiro atoms. The van der Waals surface area contributed by atoms with Gasteiger partial charge in [-0.2, -0.15) is 0 Å². The fraction of sp³-hybridized carbons (Fsp3) is 0.308. The highest BCUT2D eigenvalue weighted by atomic mass is 35.5. The second kappa shape index (κ2) is 6.46. The Kier molecular flexibility index (Phi) is 4.87. The molecule has 114 valence electrons. The lowest BCUT2D eigenvalue weighted by Gasteiger charge is -2.12. The molecule has 8 heteroatoms. The Bertz CT molecular complexity index is 701. The molecular formula is C13H16ClN3O3S. The molecule has 1 aromatic carbocycles.